The Bertz CT molecular complexity index is 616. The first-order valence-electron chi connectivity index (χ1n) is 5.77. The van der Waals surface area contributed by atoms with Crippen LogP contribution in [0.1, 0.15) is 16.7 Å². The Morgan fingerprint density at radius 1 is 1.26 bits per heavy atom. The second kappa shape index (κ2) is 4.68. The van der Waals surface area contributed by atoms with Crippen LogP contribution in [-0.2, 0) is 14.4 Å². The first-order valence-corrected chi connectivity index (χ1v) is 5.77. The number of aryl methyl sites for hydroxylation is 1. The number of carboxylic acid groups (broad SMARTS) is 1. The Labute approximate surface area is 110 Å². The zero-order chi connectivity index (χ0) is 14.2. The average molecular weight is 259 g/mol. The molecule has 1 aliphatic rings. The molecule has 2 rings (SSSR count). The molecule has 0 fully saturated rings. The van der Waals surface area contributed by atoms with Gasteiger partial charge in [0.25, 0.3) is 11.8 Å². The molecule has 1 heterocycles. The predicted octanol–water partition coefficient (Wildman–Crippen LogP) is 1.14. The highest BCUT2D eigenvalue weighted by molar-refractivity contribution is 6.34. The lowest BCUT2D eigenvalue weighted by molar-refractivity contribution is -0.147. The number of carbonyl (C=O) groups excluding carboxylic acids is 2. The van der Waals surface area contributed by atoms with Crippen molar-refractivity contribution in [1.29, 1.82) is 0 Å². The third kappa shape index (κ3) is 2.27. The number of hydrogen-bond donors (Lipinski definition) is 1. The fraction of sp³-hybridized carbons (Fsp3) is 0.214. The van der Waals surface area contributed by atoms with Crippen LogP contribution in [-0.4, -0.2) is 34.3 Å². The molecule has 0 spiro atoms. The van der Waals surface area contributed by atoms with Crippen molar-refractivity contribution < 1.29 is 19.5 Å². The Balaban J connectivity index is 2.40. The van der Waals surface area contributed by atoms with E-state index in [1.807, 2.05) is 19.9 Å². The van der Waals surface area contributed by atoms with Crippen molar-refractivity contribution in [2.45, 2.75) is 13.8 Å². The number of carbonyl (C=O) groups is 3. The monoisotopic (exact) mass is 259 g/mol. The summed E-state index contributed by atoms with van der Waals surface area (Å²) in [6.45, 7) is 3.17. The molecule has 19 heavy (non-hydrogen) atoms. The second-order valence-electron chi connectivity index (χ2n) is 4.43. The highest BCUT2D eigenvalue weighted by atomic mass is 16.4. The zero-order valence-electron chi connectivity index (χ0n) is 10.6. The number of nitrogens with zero attached hydrogens (tertiary/aromatic N) is 1. The first-order chi connectivity index (χ1) is 8.91. The van der Waals surface area contributed by atoms with Crippen LogP contribution >= 0.6 is 0 Å². The molecule has 5 heteroatoms. The third-order valence-corrected chi connectivity index (χ3v) is 3.20. The standard InChI is InChI=1S/C14H13NO4/c1-8-4-3-5-10(9(8)2)11-6-12(16)15(14(11)19)7-13(17)18/h3-6H,7H2,1-2H3,(H,17,18). The summed E-state index contributed by atoms with van der Waals surface area (Å²) in [4.78, 5) is 35.1. The fourth-order valence-electron chi connectivity index (χ4n) is 2.03. The topological polar surface area (TPSA) is 74.7 Å². The van der Waals surface area contributed by atoms with Crippen LogP contribution in [0.4, 0.5) is 0 Å². The van der Waals surface area contributed by atoms with Gasteiger partial charge in [-0.2, -0.15) is 0 Å². The summed E-state index contributed by atoms with van der Waals surface area (Å²) in [5.41, 5.74) is 2.85. The lowest BCUT2D eigenvalue weighted by Gasteiger charge is -2.13. The Morgan fingerprint density at radius 2 is 1.95 bits per heavy atom. The maximum absolute atomic E-state index is 12.1. The molecule has 0 aliphatic carbocycles. The van der Waals surface area contributed by atoms with E-state index in [9.17, 15) is 14.4 Å². The highest BCUT2D eigenvalue weighted by Gasteiger charge is 2.33. The number of aliphatic carboxylic acids is 1. The molecule has 5 nitrogen and oxygen atoms in total. The Morgan fingerprint density at radius 3 is 2.58 bits per heavy atom. The van der Waals surface area contributed by atoms with Crippen LogP contribution in [0.25, 0.3) is 5.57 Å². The number of carboxylic acids is 1. The summed E-state index contributed by atoms with van der Waals surface area (Å²) in [5, 5.41) is 8.70. The number of amides is 2. The summed E-state index contributed by atoms with van der Waals surface area (Å²) in [6, 6.07) is 5.47. The Hall–Kier alpha value is -2.43. The van der Waals surface area contributed by atoms with Crippen LogP contribution in [0.15, 0.2) is 24.3 Å². The van der Waals surface area contributed by atoms with Gasteiger partial charge in [0.15, 0.2) is 0 Å². The molecule has 0 radical (unpaired) electrons. The molecular weight excluding hydrogens is 246 g/mol. The maximum Gasteiger partial charge on any atom is 0.323 e. The first kappa shape index (κ1) is 13.0. The molecular formula is C14H13NO4. The van der Waals surface area contributed by atoms with Gasteiger partial charge >= 0.3 is 5.97 Å². The van der Waals surface area contributed by atoms with Crippen LogP contribution in [0.2, 0.25) is 0 Å². The molecule has 1 aromatic carbocycles. The van der Waals surface area contributed by atoms with E-state index in [1.165, 1.54) is 6.08 Å². The van der Waals surface area contributed by atoms with E-state index in [0.717, 1.165) is 16.0 Å². The summed E-state index contributed by atoms with van der Waals surface area (Å²) < 4.78 is 0. The predicted molar refractivity (Wildman–Crippen MR) is 68.2 cm³/mol. The van der Waals surface area contributed by atoms with Crippen molar-refractivity contribution in [1.82, 2.24) is 4.90 Å². The summed E-state index contributed by atoms with van der Waals surface area (Å²) >= 11 is 0. The largest absolute Gasteiger partial charge is 0.480 e. The highest BCUT2D eigenvalue weighted by Crippen LogP contribution is 2.27. The van der Waals surface area contributed by atoms with Crippen LogP contribution in [0.3, 0.4) is 0 Å². The van der Waals surface area contributed by atoms with Gasteiger partial charge in [-0.1, -0.05) is 18.2 Å². The van der Waals surface area contributed by atoms with Gasteiger partial charge < -0.3 is 5.11 Å². The van der Waals surface area contributed by atoms with Crippen molar-refractivity contribution >= 4 is 23.4 Å². The van der Waals surface area contributed by atoms with Crippen LogP contribution in [0, 0.1) is 13.8 Å². The minimum atomic E-state index is -1.21. The minimum absolute atomic E-state index is 0.257. The van der Waals surface area contributed by atoms with Crippen molar-refractivity contribution in [3.63, 3.8) is 0 Å². The third-order valence-electron chi connectivity index (χ3n) is 3.20. The molecule has 0 bridgehead atoms. The SMILES string of the molecule is Cc1cccc(C2=CC(=O)N(CC(=O)O)C2=O)c1C. The molecule has 0 unspecified atom stereocenters. The van der Waals surface area contributed by atoms with Gasteiger partial charge in [-0.15, -0.1) is 0 Å². The Kier molecular flexibility index (Phi) is 3.21. The van der Waals surface area contributed by atoms with Crippen molar-refractivity contribution in [2.75, 3.05) is 6.54 Å². The van der Waals surface area contributed by atoms with Crippen LogP contribution in [0.5, 0.6) is 0 Å². The molecule has 0 atom stereocenters. The molecule has 1 N–H and O–H groups in total. The van der Waals surface area contributed by atoms with E-state index in [2.05, 4.69) is 0 Å². The molecule has 2 amide bonds. The maximum atomic E-state index is 12.1. The molecule has 1 aliphatic heterocycles. The normalized spacial score (nSPS) is 14.8. The van der Waals surface area contributed by atoms with Gasteiger partial charge in [0.05, 0.1) is 5.57 Å². The summed E-state index contributed by atoms with van der Waals surface area (Å²) in [6.07, 6.45) is 1.20. The summed E-state index contributed by atoms with van der Waals surface area (Å²) in [5.74, 6) is -2.35. The van der Waals surface area contributed by atoms with E-state index < -0.39 is 24.3 Å². The van der Waals surface area contributed by atoms with E-state index in [-0.39, 0.29) is 5.57 Å². The minimum Gasteiger partial charge on any atom is -0.480 e. The van der Waals surface area contributed by atoms with Crippen molar-refractivity contribution in [2.24, 2.45) is 0 Å². The molecule has 1 aromatic rings. The van der Waals surface area contributed by atoms with Gasteiger partial charge in [0, 0.05) is 6.08 Å². The van der Waals surface area contributed by atoms with Gasteiger partial charge in [0.1, 0.15) is 6.54 Å². The van der Waals surface area contributed by atoms with Gasteiger partial charge in [0.2, 0.25) is 0 Å². The van der Waals surface area contributed by atoms with Gasteiger partial charge in [-0.25, -0.2) is 0 Å². The van der Waals surface area contributed by atoms with E-state index in [1.54, 1.807) is 12.1 Å². The smallest absolute Gasteiger partial charge is 0.323 e. The molecule has 0 saturated carbocycles. The van der Waals surface area contributed by atoms with Crippen LogP contribution < -0.4 is 0 Å². The second-order valence-corrected chi connectivity index (χ2v) is 4.43. The summed E-state index contributed by atoms with van der Waals surface area (Å²) in [7, 11) is 0. The average Bonchev–Trinajstić information content (AvgIpc) is 2.60. The van der Waals surface area contributed by atoms with Crippen molar-refractivity contribution in [3.8, 4) is 0 Å². The molecule has 98 valence electrons. The molecule has 0 aromatic heterocycles. The quantitative estimate of drug-likeness (QED) is 0.826. The van der Waals surface area contributed by atoms with Crippen molar-refractivity contribution in [3.05, 3.63) is 41.0 Å². The molecule has 0 saturated heterocycles. The van der Waals surface area contributed by atoms with E-state index in [4.69, 9.17) is 5.11 Å². The van der Waals surface area contributed by atoms with Gasteiger partial charge in [-0.3, -0.25) is 19.3 Å². The lowest BCUT2D eigenvalue weighted by Crippen LogP contribution is -2.35. The lowest BCUT2D eigenvalue weighted by atomic mass is 9.97. The number of benzene rings is 1. The fourth-order valence-corrected chi connectivity index (χ4v) is 2.03. The zero-order valence-corrected chi connectivity index (χ0v) is 10.6. The van der Waals surface area contributed by atoms with E-state index in [0.29, 0.717) is 5.56 Å². The van der Waals surface area contributed by atoms with E-state index >= 15 is 0 Å². The van der Waals surface area contributed by atoms with Gasteiger partial charge in [-0.05, 0) is 30.5 Å². The number of rotatable bonds is 3. The number of hydrogen-bond acceptors (Lipinski definition) is 3. The number of imide groups is 1.